The Morgan fingerprint density at radius 1 is 1.21 bits per heavy atom. The van der Waals surface area contributed by atoms with E-state index in [4.69, 9.17) is 5.73 Å². The summed E-state index contributed by atoms with van der Waals surface area (Å²) in [6.45, 7) is 2.29. The van der Waals surface area contributed by atoms with Crippen LogP contribution in [0.1, 0.15) is 44.6 Å². The predicted octanol–water partition coefficient (Wildman–Crippen LogP) is 2.90. The van der Waals surface area contributed by atoms with Gasteiger partial charge in [-0.15, -0.1) is 0 Å². The molecule has 1 aromatic rings. The molecule has 0 heterocycles. The summed E-state index contributed by atoms with van der Waals surface area (Å²) in [6, 6.07) is 8.15. The standard InChI is InChI=1S/C16H24N2O/c1-12-2-9-15(10-3-12)18-16(19)11-6-13-4-7-14(17)8-5-13/h4-5,7-8,12,15H,2-3,6,9-11,17H2,1H3,(H,18,19). The first-order chi connectivity index (χ1) is 9.13. The molecule has 0 saturated heterocycles. The van der Waals surface area contributed by atoms with Crippen molar-refractivity contribution in [2.45, 2.75) is 51.5 Å². The highest BCUT2D eigenvalue weighted by atomic mass is 16.1. The van der Waals surface area contributed by atoms with Gasteiger partial charge in [0.15, 0.2) is 0 Å². The Balaban J connectivity index is 1.71. The number of carbonyl (C=O) groups is 1. The number of nitrogens with one attached hydrogen (secondary N) is 1. The van der Waals surface area contributed by atoms with Crippen molar-refractivity contribution >= 4 is 11.6 Å². The Hall–Kier alpha value is -1.51. The molecule has 0 aliphatic heterocycles. The molecule has 0 bridgehead atoms. The summed E-state index contributed by atoms with van der Waals surface area (Å²) >= 11 is 0. The molecular weight excluding hydrogens is 236 g/mol. The van der Waals surface area contributed by atoms with Crippen LogP contribution in [-0.2, 0) is 11.2 Å². The van der Waals surface area contributed by atoms with E-state index in [-0.39, 0.29) is 5.91 Å². The highest BCUT2D eigenvalue weighted by Crippen LogP contribution is 2.23. The summed E-state index contributed by atoms with van der Waals surface area (Å²) in [5.41, 5.74) is 7.57. The van der Waals surface area contributed by atoms with Crippen LogP contribution in [0.2, 0.25) is 0 Å². The molecule has 1 aromatic carbocycles. The number of nitrogens with two attached hydrogens (primary N) is 1. The average Bonchev–Trinajstić information content (AvgIpc) is 2.41. The zero-order valence-corrected chi connectivity index (χ0v) is 11.7. The number of nitrogen functional groups attached to an aromatic ring is 1. The Bertz CT molecular complexity index is 405. The van der Waals surface area contributed by atoms with Crippen molar-refractivity contribution < 1.29 is 4.79 Å². The van der Waals surface area contributed by atoms with Gasteiger partial charge in [-0.3, -0.25) is 4.79 Å². The van der Waals surface area contributed by atoms with Crippen LogP contribution >= 0.6 is 0 Å². The molecule has 1 aliphatic carbocycles. The first-order valence-corrected chi connectivity index (χ1v) is 7.27. The maximum atomic E-state index is 11.9. The molecule has 1 aliphatic rings. The van der Waals surface area contributed by atoms with Crippen LogP contribution in [0, 0.1) is 5.92 Å². The molecule has 1 amide bonds. The van der Waals surface area contributed by atoms with Gasteiger partial charge in [-0.2, -0.15) is 0 Å². The minimum Gasteiger partial charge on any atom is -0.399 e. The number of rotatable bonds is 4. The Labute approximate surface area is 115 Å². The summed E-state index contributed by atoms with van der Waals surface area (Å²) in [4.78, 5) is 11.9. The summed E-state index contributed by atoms with van der Waals surface area (Å²) in [5.74, 6) is 0.999. The van der Waals surface area contributed by atoms with Crippen molar-refractivity contribution in [3.8, 4) is 0 Å². The van der Waals surface area contributed by atoms with Crippen LogP contribution in [0.25, 0.3) is 0 Å². The molecule has 1 fully saturated rings. The van der Waals surface area contributed by atoms with Crippen LogP contribution in [0.3, 0.4) is 0 Å². The minimum absolute atomic E-state index is 0.177. The van der Waals surface area contributed by atoms with E-state index in [1.54, 1.807) is 0 Å². The van der Waals surface area contributed by atoms with Crippen LogP contribution in [0.15, 0.2) is 24.3 Å². The molecule has 0 spiro atoms. The van der Waals surface area contributed by atoms with Gasteiger partial charge in [-0.1, -0.05) is 19.1 Å². The number of benzene rings is 1. The smallest absolute Gasteiger partial charge is 0.220 e. The van der Waals surface area contributed by atoms with Gasteiger partial charge in [0.2, 0.25) is 5.91 Å². The first-order valence-electron chi connectivity index (χ1n) is 7.27. The summed E-state index contributed by atoms with van der Waals surface area (Å²) < 4.78 is 0. The van der Waals surface area contributed by atoms with Crippen LogP contribution in [0.5, 0.6) is 0 Å². The lowest BCUT2D eigenvalue weighted by molar-refractivity contribution is -0.122. The van der Waals surface area contributed by atoms with Gasteiger partial charge in [0.05, 0.1) is 0 Å². The molecule has 0 radical (unpaired) electrons. The van der Waals surface area contributed by atoms with Crippen molar-refractivity contribution in [2.24, 2.45) is 5.92 Å². The van der Waals surface area contributed by atoms with Crippen LogP contribution in [0.4, 0.5) is 5.69 Å². The van der Waals surface area contributed by atoms with E-state index in [1.165, 1.54) is 18.4 Å². The molecule has 0 aromatic heterocycles. The fraction of sp³-hybridized carbons (Fsp3) is 0.562. The highest BCUT2D eigenvalue weighted by molar-refractivity contribution is 5.76. The predicted molar refractivity (Wildman–Crippen MR) is 78.7 cm³/mol. The monoisotopic (exact) mass is 260 g/mol. The van der Waals surface area contributed by atoms with E-state index >= 15 is 0 Å². The average molecular weight is 260 g/mol. The first kappa shape index (κ1) is 13.9. The van der Waals surface area contributed by atoms with Gasteiger partial charge in [0.25, 0.3) is 0 Å². The quantitative estimate of drug-likeness (QED) is 0.818. The van der Waals surface area contributed by atoms with E-state index in [0.29, 0.717) is 12.5 Å². The lowest BCUT2D eigenvalue weighted by Crippen LogP contribution is -2.37. The molecule has 3 N–H and O–H groups in total. The van der Waals surface area contributed by atoms with Crippen molar-refractivity contribution in [2.75, 3.05) is 5.73 Å². The Morgan fingerprint density at radius 2 is 1.84 bits per heavy atom. The fourth-order valence-corrected chi connectivity index (χ4v) is 2.65. The number of aryl methyl sites for hydroxylation is 1. The maximum absolute atomic E-state index is 11.9. The number of hydrogen-bond donors (Lipinski definition) is 2. The molecular formula is C16H24N2O. The number of hydrogen-bond acceptors (Lipinski definition) is 2. The Kier molecular flexibility index (Phi) is 4.83. The van der Waals surface area contributed by atoms with Crippen LogP contribution in [-0.4, -0.2) is 11.9 Å². The molecule has 19 heavy (non-hydrogen) atoms. The zero-order chi connectivity index (χ0) is 13.7. The largest absolute Gasteiger partial charge is 0.399 e. The summed E-state index contributed by atoms with van der Waals surface area (Å²) in [5, 5.41) is 3.16. The van der Waals surface area contributed by atoms with Crippen molar-refractivity contribution in [3.63, 3.8) is 0 Å². The minimum atomic E-state index is 0.177. The molecule has 2 rings (SSSR count). The fourth-order valence-electron chi connectivity index (χ4n) is 2.65. The molecule has 3 nitrogen and oxygen atoms in total. The van der Waals surface area contributed by atoms with Gasteiger partial charge in [-0.25, -0.2) is 0 Å². The molecule has 104 valence electrons. The zero-order valence-electron chi connectivity index (χ0n) is 11.7. The van der Waals surface area contributed by atoms with Gasteiger partial charge < -0.3 is 11.1 Å². The molecule has 3 heteroatoms. The van der Waals surface area contributed by atoms with E-state index < -0.39 is 0 Å². The molecule has 0 atom stereocenters. The normalized spacial score (nSPS) is 23.0. The Morgan fingerprint density at radius 3 is 2.47 bits per heavy atom. The van der Waals surface area contributed by atoms with Crippen LogP contribution < -0.4 is 11.1 Å². The number of amides is 1. The highest BCUT2D eigenvalue weighted by Gasteiger charge is 2.19. The summed E-state index contributed by atoms with van der Waals surface area (Å²) in [6.07, 6.45) is 6.10. The van der Waals surface area contributed by atoms with Crippen molar-refractivity contribution in [3.05, 3.63) is 29.8 Å². The van der Waals surface area contributed by atoms with Gasteiger partial charge in [0.1, 0.15) is 0 Å². The second-order valence-corrected chi connectivity index (χ2v) is 5.77. The van der Waals surface area contributed by atoms with E-state index in [9.17, 15) is 4.79 Å². The lowest BCUT2D eigenvalue weighted by atomic mass is 9.87. The van der Waals surface area contributed by atoms with Crippen molar-refractivity contribution in [1.29, 1.82) is 0 Å². The van der Waals surface area contributed by atoms with Crippen molar-refractivity contribution in [1.82, 2.24) is 5.32 Å². The summed E-state index contributed by atoms with van der Waals surface area (Å²) in [7, 11) is 0. The number of anilines is 1. The lowest BCUT2D eigenvalue weighted by Gasteiger charge is -2.26. The number of carbonyl (C=O) groups excluding carboxylic acids is 1. The van der Waals surface area contributed by atoms with Gasteiger partial charge in [-0.05, 0) is 55.7 Å². The maximum Gasteiger partial charge on any atom is 0.220 e. The molecule has 0 unspecified atom stereocenters. The van der Waals surface area contributed by atoms with Gasteiger partial charge in [0, 0.05) is 18.2 Å². The molecule has 1 saturated carbocycles. The van der Waals surface area contributed by atoms with E-state index in [0.717, 1.165) is 30.9 Å². The second-order valence-electron chi connectivity index (χ2n) is 5.77. The second kappa shape index (κ2) is 6.60. The third-order valence-electron chi connectivity index (χ3n) is 4.00. The third kappa shape index (κ3) is 4.58. The van der Waals surface area contributed by atoms with Gasteiger partial charge >= 0.3 is 0 Å². The third-order valence-corrected chi connectivity index (χ3v) is 4.00. The van der Waals surface area contributed by atoms with E-state index in [1.807, 2.05) is 24.3 Å². The van der Waals surface area contributed by atoms with E-state index in [2.05, 4.69) is 12.2 Å². The topological polar surface area (TPSA) is 55.1 Å². The SMILES string of the molecule is CC1CCC(NC(=O)CCc2ccc(N)cc2)CC1.